The van der Waals surface area contributed by atoms with Gasteiger partial charge in [-0.05, 0) is 30.5 Å². The predicted octanol–water partition coefficient (Wildman–Crippen LogP) is 2.66. The molecule has 0 spiro atoms. The number of hydrogen-bond acceptors (Lipinski definition) is 3. The molecule has 1 aromatic carbocycles. The lowest BCUT2D eigenvalue weighted by atomic mass is 9.79. The predicted molar refractivity (Wildman–Crippen MR) is 65.9 cm³/mol. The normalized spacial score (nSPS) is 13.8. The Labute approximate surface area is 106 Å². The summed E-state index contributed by atoms with van der Waals surface area (Å²) in [7, 11) is 0. The number of rotatable bonds is 5. The van der Waals surface area contributed by atoms with Crippen molar-refractivity contribution in [2.45, 2.75) is 25.7 Å². The summed E-state index contributed by atoms with van der Waals surface area (Å²) in [4.78, 5) is 23.7. The third-order valence-electron chi connectivity index (χ3n) is 2.76. The van der Waals surface area contributed by atoms with Crippen LogP contribution in [0.1, 0.15) is 25.8 Å². The van der Waals surface area contributed by atoms with Crippen LogP contribution < -0.4 is 0 Å². The molecule has 0 bridgehead atoms. The Morgan fingerprint density at radius 2 is 1.82 bits per heavy atom. The summed E-state index contributed by atoms with van der Waals surface area (Å²) in [5.41, 5.74) is -0.820. The first-order valence-corrected chi connectivity index (χ1v) is 5.90. The van der Waals surface area contributed by atoms with Gasteiger partial charge in [0.05, 0.1) is 6.61 Å². The van der Waals surface area contributed by atoms with Gasteiger partial charge in [-0.25, -0.2) is 0 Å². The lowest BCUT2D eigenvalue weighted by Gasteiger charge is -2.26. The van der Waals surface area contributed by atoms with Crippen LogP contribution >= 0.6 is 11.6 Å². The van der Waals surface area contributed by atoms with E-state index in [0.29, 0.717) is 5.56 Å². The third kappa shape index (κ3) is 2.50. The van der Waals surface area contributed by atoms with Crippen molar-refractivity contribution in [2.75, 3.05) is 6.61 Å². The average Bonchev–Trinajstić information content (AvgIpc) is 2.32. The van der Waals surface area contributed by atoms with Crippen LogP contribution in [0.15, 0.2) is 30.3 Å². The molecule has 0 fully saturated rings. The van der Waals surface area contributed by atoms with E-state index in [1.807, 2.05) is 6.07 Å². The molecule has 0 aromatic heterocycles. The van der Waals surface area contributed by atoms with E-state index in [-0.39, 0.29) is 13.0 Å². The minimum absolute atomic E-state index is 0.220. The minimum Gasteiger partial charge on any atom is -0.465 e. The fraction of sp³-hybridized carbons (Fsp3) is 0.385. The molecule has 0 aliphatic carbocycles. The van der Waals surface area contributed by atoms with E-state index in [4.69, 9.17) is 16.3 Å². The molecule has 0 saturated carbocycles. The molecule has 0 amide bonds. The van der Waals surface area contributed by atoms with Crippen LogP contribution in [0.5, 0.6) is 0 Å². The summed E-state index contributed by atoms with van der Waals surface area (Å²) in [6.07, 6.45) is 0.276. The van der Waals surface area contributed by atoms with Crippen molar-refractivity contribution in [3.8, 4) is 0 Å². The first-order valence-electron chi connectivity index (χ1n) is 5.52. The highest BCUT2D eigenvalue weighted by Crippen LogP contribution is 2.32. The van der Waals surface area contributed by atoms with Crippen LogP contribution in [-0.4, -0.2) is 17.8 Å². The molecule has 0 aliphatic heterocycles. The highest BCUT2D eigenvalue weighted by Gasteiger charge is 2.46. The quantitative estimate of drug-likeness (QED) is 0.461. The van der Waals surface area contributed by atoms with Gasteiger partial charge < -0.3 is 4.74 Å². The highest BCUT2D eigenvalue weighted by atomic mass is 35.5. The number of halogens is 1. The number of hydrogen-bond donors (Lipinski definition) is 0. The van der Waals surface area contributed by atoms with Gasteiger partial charge in [-0.2, -0.15) is 0 Å². The van der Waals surface area contributed by atoms with Crippen molar-refractivity contribution in [2.24, 2.45) is 0 Å². The van der Waals surface area contributed by atoms with Crippen molar-refractivity contribution in [1.29, 1.82) is 0 Å². The van der Waals surface area contributed by atoms with Gasteiger partial charge in [-0.1, -0.05) is 37.3 Å². The van der Waals surface area contributed by atoms with Gasteiger partial charge >= 0.3 is 5.97 Å². The Balaban J connectivity index is 3.28. The molecule has 92 valence electrons. The molecule has 0 aliphatic rings. The van der Waals surface area contributed by atoms with Crippen LogP contribution in [0.25, 0.3) is 0 Å². The van der Waals surface area contributed by atoms with E-state index < -0.39 is 16.6 Å². The Bertz CT molecular complexity index is 402. The van der Waals surface area contributed by atoms with Crippen molar-refractivity contribution in [3.05, 3.63) is 35.9 Å². The summed E-state index contributed by atoms with van der Waals surface area (Å²) in [5, 5.41) is -0.704. The van der Waals surface area contributed by atoms with Crippen molar-refractivity contribution in [3.63, 3.8) is 0 Å². The van der Waals surface area contributed by atoms with Crippen LogP contribution in [0.3, 0.4) is 0 Å². The van der Waals surface area contributed by atoms with Crippen LogP contribution in [0.4, 0.5) is 0 Å². The van der Waals surface area contributed by atoms with Crippen molar-refractivity contribution in [1.82, 2.24) is 0 Å². The Morgan fingerprint density at radius 1 is 1.24 bits per heavy atom. The Hall–Kier alpha value is -1.35. The average molecular weight is 255 g/mol. The molecule has 0 N–H and O–H groups in total. The van der Waals surface area contributed by atoms with E-state index >= 15 is 0 Å². The maximum Gasteiger partial charge on any atom is 0.325 e. The van der Waals surface area contributed by atoms with Crippen molar-refractivity contribution < 1.29 is 14.3 Å². The minimum atomic E-state index is -1.39. The largest absolute Gasteiger partial charge is 0.465 e. The van der Waals surface area contributed by atoms with Crippen LogP contribution in [0, 0.1) is 0 Å². The molecule has 1 unspecified atom stereocenters. The molecule has 1 rings (SSSR count). The second-order valence-corrected chi connectivity index (χ2v) is 3.96. The van der Waals surface area contributed by atoms with Gasteiger partial charge in [0.25, 0.3) is 0 Å². The van der Waals surface area contributed by atoms with E-state index in [0.717, 1.165) is 0 Å². The zero-order valence-corrected chi connectivity index (χ0v) is 10.7. The smallest absolute Gasteiger partial charge is 0.325 e. The molecule has 1 atom stereocenters. The Morgan fingerprint density at radius 3 is 2.24 bits per heavy atom. The van der Waals surface area contributed by atoms with Gasteiger partial charge in [0, 0.05) is 0 Å². The Kier molecular flexibility index (Phi) is 4.70. The van der Waals surface area contributed by atoms with Gasteiger partial charge in [-0.15, -0.1) is 0 Å². The topological polar surface area (TPSA) is 43.4 Å². The summed E-state index contributed by atoms with van der Waals surface area (Å²) in [5.74, 6) is -0.589. The summed E-state index contributed by atoms with van der Waals surface area (Å²) in [6.45, 7) is 3.66. The van der Waals surface area contributed by atoms with Gasteiger partial charge in [0.15, 0.2) is 5.41 Å². The first-order chi connectivity index (χ1) is 8.09. The molecule has 17 heavy (non-hydrogen) atoms. The monoisotopic (exact) mass is 254 g/mol. The molecule has 4 heteroatoms. The standard InChI is InChI=1S/C13H15ClO3/c1-3-13(11(14)15,12(16)17-4-2)10-8-6-5-7-9-10/h5-9H,3-4H2,1-2H3. The zero-order chi connectivity index (χ0) is 12.9. The first kappa shape index (κ1) is 13.7. The van der Waals surface area contributed by atoms with E-state index in [1.54, 1.807) is 38.1 Å². The molecule has 3 nitrogen and oxygen atoms in total. The fourth-order valence-corrected chi connectivity index (χ4v) is 2.10. The van der Waals surface area contributed by atoms with E-state index in [2.05, 4.69) is 0 Å². The lowest BCUT2D eigenvalue weighted by molar-refractivity contribution is -0.152. The number of benzene rings is 1. The highest BCUT2D eigenvalue weighted by molar-refractivity contribution is 6.67. The SMILES string of the molecule is CCOC(=O)C(CC)(C(=O)Cl)c1ccccc1. The molecule has 1 aromatic rings. The number of carbonyl (C=O) groups is 2. The van der Waals surface area contributed by atoms with E-state index in [9.17, 15) is 9.59 Å². The maximum absolute atomic E-state index is 12.0. The molecular weight excluding hydrogens is 240 g/mol. The van der Waals surface area contributed by atoms with Crippen LogP contribution in [0.2, 0.25) is 0 Å². The summed E-state index contributed by atoms with van der Waals surface area (Å²) in [6, 6.07) is 8.76. The van der Waals surface area contributed by atoms with Crippen molar-refractivity contribution >= 4 is 22.8 Å². The van der Waals surface area contributed by atoms with Gasteiger partial charge in [0.1, 0.15) is 0 Å². The third-order valence-corrected chi connectivity index (χ3v) is 3.08. The lowest BCUT2D eigenvalue weighted by Crippen LogP contribution is -2.42. The molecule has 0 heterocycles. The second kappa shape index (κ2) is 5.82. The zero-order valence-electron chi connectivity index (χ0n) is 9.90. The molecular formula is C13H15ClO3. The summed E-state index contributed by atoms with van der Waals surface area (Å²) < 4.78 is 4.97. The van der Waals surface area contributed by atoms with Gasteiger partial charge in [0.2, 0.25) is 5.24 Å². The number of esters is 1. The number of carbonyl (C=O) groups excluding carboxylic acids is 2. The van der Waals surface area contributed by atoms with E-state index in [1.165, 1.54) is 0 Å². The molecule has 0 saturated heterocycles. The number of ether oxygens (including phenoxy) is 1. The van der Waals surface area contributed by atoms with Crippen LogP contribution in [-0.2, 0) is 19.7 Å². The second-order valence-electron chi connectivity index (χ2n) is 3.62. The maximum atomic E-state index is 12.0. The fourth-order valence-electron chi connectivity index (χ4n) is 1.78. The molecule has 0 radical (unpaired) electrons. The summed E-state index contributed by atoms with van der Waals surface area (Å²) >= 11 is 5.63. The van der Waals surface area contributed by atoms with Gasteiger partial charge in [-0.3, -0.25) is 9.59 Å².